The monoisotopic (exact) mass is 197 g/mol. The summed E-state index contributed by atoms with van der Waals surface area (Å²) in [5, 5.41) is 0. The Labute approximate surface area is 90.7 Å². The molecule has 1 nitrogen and oxygen atoms in total. The van der Waals surface area contributed by atoms with E-state index in [0.29, 0.717) is 0 Å². The van der Waals surface area contributed by atoms with E-state index >= 15 is 0 Å². The maximum atomic E-state index is 2.49. The van der Waals surface area contributed by atoms with Gasteiger partial charge in [-0.25, -0.2) is 0 Å². The molecule has 0 bridgehead atoms. The van der Waals surface area contributed by atoms with Crippen LogP contribution in [0, 0.1) is 0 Å². The minimum Gasteiger partial charge on any atom is -0.372 e. The lowest BCUT2D eigenvalue weighted by Crippen LogP contribution is -2.16. The zero-order valence-corrected chi connectivity index (χ0v) is 8.82. The highest BCUT2D eigenvalue weighted by Crippen LogP contribution is 2.32. The standard InChI is InChI=1S/C14H15N/c1-2-6-12-10-14(11-13(12)7-3-1)15-8-4-5-9-15/h1-3,6-7,10-11H,4-5,8-9H2. The van der Waals surface area contributed by atoms with Crippen LogP contribution in [0.2, 0.25) is 0 Å². The Bertz CT molecular complexity index is 399. The first-order valence-electron chi connectivity index (χ1n) is 5.67. The summed E-state index contributed by atoms with van der Waals surface area (Å²) in [5.41, 5.74) is 4.09. The Kier molecular flexibility index (Phi) is 2.09. The Hall–Kier alpha value is -1.50. The summed E-state index contributed by atoms with van der Waals surface area (Å²) in [6.07, 6.45) is 2.69. The fourth-order valence-electron chi connectivity index (χ4n) is 2.36. The van der Waals surface area contributed by atoms with Crippen molar-refractivity contribution >= 4 is 5.69 Å². The lowest BCUT2D eigenvalue weighted by Gasteiger charge is -2.14. The van der Waals surface area contributed by atoms with E-state index in [9.17, 15) is 0 Å². The third-order valence-electron chi connectivity index (χ3n) is 3.19. The molecule has 3 rings (SSSR count). The summed E-state index contributed by atoms with van der Waals surface area (Å²) in [6, 6.07) is 15.3. The maximum Gasteiger partial charge on any atom is 0.0378 e. The number of hydrogen-bond acceptors (Lipinski definition) is 1. The number of rotatable bonds is 1. The van der Waals surface area contributed by atoms with Crippen LogP contribution < -0.4 is 4.90 Å². The normalized spacial score (nSPS) is 16.1. The van der Waals surface area contributed by atoms with Crippen molar-refractivity contribution in [1.82, 2.24) is 0 Å². The summed E-state index contributed by atoms with van der Waals surface area (Å²) in [4.78, 5) is 2.49. The van der Waals surface area contributed by atoms with E-state index in [1.54, 1.807) is 0 Å². The summed E-state index contributed by atoms with van der Waals surface area (Å²) < 4.78 is 0. The molecule has 1 fully saturated rings. The lowest BCUT2D eigenvalue weighted by molar-refractivity contribution is 0.949. The highest BCUT2D eigenvalue weighted by Gasteiger charge is 2.15. The smallest absolute Gasteiger partial charge is 0.0378 e. The summed E-state index contributed by atoms with van der Waals surface area (Å²) >= 11 is 0. The number of fused-ring (bicyclic) bond motifs is 1. The average Bonchev–Trinajstić information content (AvgIpc) is 2.84. The third-order valence-corrected chi connectivity index (χ3v) is 3.19. The van der Waals surface area contributed by atoms with Crippen LogP contribution in [0.25, 0.3) is 11.1 Å². The summed E-state index contributed by atoms with van der Waals surface area (Å²) in [6.45, 7) is 2.45. The number of nitrogens with zero attached hydrogens (tertiary/aromatic N) is 1. The van der Waals surface area contributed by atoms with Crippen molar-refractivity contribution in [2.45, 2.75) is 12.8 Å². The summed E-state index contributed by atoms with van der Waals surface area (Å²) in [5.74, 6) is 0. The van der Waals surface area contributed by atoms with Crippen LogP contribution >= 0.6 is 0 Å². The molecule has 3 aliphatic rings. The Morgan fingerprint density at radius 1 is 0.800 bits per heavy atom. The van der Waals surface area contributed by atoms with Gasteiger partial charge in [0.05, 0.1) is 0 Å². The van der Waals surface area contributed by atoms with Gasteiger partial charge < -0.3 is 4.90 Å². The van der Waals surface area contributed by atoms with Gasteiger partial charge in [0.1, 0.15) is 0 Å². The first-order valence-corrected chi connectivity index (χ1v) is 5.67. The molecule has 15 heavy (non-hydrogen) atoms. The van der Waals surface area contributed by atoms with Gasteiger partial charge in [0.15, 0.2) is 0 Å². The van der Waals surface area contributed by atoms with Crippen LogP contribution in [0.15, 0.2) is 42.5 Å². The molecule has 0 unspecified atom stereocenters. The average molecular weight is 197 g/mol. The van der Waals surface area contributed by atoms with Gasteiger partial charge in [0.25, 0.3) is 0 Å². The van der Waals surface area contributed by atoms with Crippen LogP contribution in [-0.2, 0) is 0 Å². The van der Waals surface area contributed by atoms with E-state index in [1.165, 1.54) is 42.7 Å². The maximum absolute atomic E-state index is 2.49. The van der Waals surface area contributed by atoms with Gasteiger partial charge in [0.2, 0.25) is 0 Å². The fraction of sp³-hybridized carbons (Fsp3) is 0.286. The van der Waals surface area contributed by atoms with Crippen molar-refractivity contribution < 1.29 is 0 Å². The zero-order chi connectivity index (χ0) is 10.1. The molecule has 1 aliphatic heterocycles. The van der Waals surface area contributed by atoms with E-state index in [4.69, 9.17) is 0 Å². The van der Waals surface area contributed by atoms with Crippen molar-refractivity contribution in [3.05, 3.63) is 42.5 Å². The third kappa shape index (κ3) is 1.58. The molecule has 0 aromatic rings. The van der Waals surface area contributed by atoms with E-state index in [2.05, 4.69) is 47.4 Å². The highest BCUT2D eigenvalue weighted by atomic mass is 15.1. The Morgan fingerprint density at radius 2 is 1.40 bits per heavy atom. The van der Waals surface area contributed by atoms with Crippen molar-refractivity contribution in [3.8, 4) is 11.1 Å². The zero-order valence-electron chi connectivity index (χ0n) is 8.82. The van der Waals surface area contributed by atoms with E-state index < -0.39 is 0 Å². The Morgan fingerprint density at radius 3 is 2.00 bits per heavy atom. The van der Waals surface area contributed by atoms with Crippen LogP contribution in [0.4, 0.5) is 5.69 Å². The molecule has 76 valence electrons. The quantitative estimate of drug-likeness (QED) is 0.677. The molecule has 0 aromatic heterocycles. The predicted octanol–water partition coefficient (Wildman–Crippen LogP) is 3.39. The predicted molar refractivity (Wildman–Crippen MR) is 64.5 cm³/mol. The number of anilines is 1. The lowest BCUT2D eigenvalue weighted by atomic mass is 10.2. The molecule has 0 radical (unpaired) electrons. The largest absolute Gasteiger partial charge is 0.372 e. The van der Waals surface area contributed by atoms with Crippen molar-refractivity contribution in [3.63, 3.8) is 0 Å². The van der Waals surface area contributed by atoms with Gasteiger partial charge in [0, 0.05) is 18.8 Å². The molecule has 0 N–H and O–H groups in total. The minimum atomic E-state index is 1.22. The van der Waals surface area contributed by atoms with E-state index in [-0.39, 0.29) is 0 Å². The van der Waals surface area contributed by atoms with Crippen LogP contribution in [-0.4, -0.2) is 13.1 Å². The van der Waals surface area contributed by atoms with Crippen LogP contribution in [0.1, 0.15) is 12.8 Å². The van der Waals surface area contributed by atoms with Gasteiger partial charge in [-0.05, 0) is 36.1 Å². The van der Waals surface area contributed by atoms with Gasteiger partial charge in [-0.2, -0.15) is 0 Å². The molecule has 0 saturated carbocycles. The van der Waals surface area contributed by atoms with Crippen molar-refractivity contribution in [2.24, 2.45) is 0 Å². The second-order valence-electron chi connectivity index (χ2n) is 4.23. The fourth-order valence-corrected chi connectivity index (χ4v) is 2.36. The second kappa shape index (κ2) is 3.58. The van der Waals surface area contributed by atoms with E-state index in [1.807, 2.05) is 0 Å². The first-order chi connectivity index (χ1) is 7.43. The molecule has 0 amide bonds. The molecular weight excluding hydrogens is 182 g/mol. The first kappa shape index (κ1) is 8.78. The van der Waals surface area contributed by atoms with E-state index in [0.717, 1.165) is 0 Å². The molecule has 1 heteroatoms. The SMILES string of the molecule is c1ccc2cc(N3CCCC3)cc-2cc1. The molecule has 2 aliphatic carbocycles. The molecule has 0 aromatic carbocycles. The molecule has 1 saturated heterocycles. The highest BCUT2D eigenvalue weighted by molar-refractivity contribution is 5.75. The van der Waals surface area contributed by atoms with Gasteiger partial charge >= 0.3 is 0 Å². The van der Waals surface area contributed by atoms with Gasteiger partial charge in [-0.15, -0.1) is 0 Å². The minimum absolute atomic E-state index is 1.22. The molecule has 0 atom stereocenters. The second-order valence-corrected chi connectivity index (χ2v) is 4.23. The number of hydrogen-bond donors (Lipinski definition) is 0. The molecule has 0 spiro atoms. The molecule has 1 heterocycles. The molecular formula is C14H15N. The van der Waals surface area contributed by atoms with Crippen molar-refractivity contribution in [2.75, 3.05) is 18.0 Å². The van der Waals surface area contributed by atoms with Crippen LogP contribution in [0.5, 0.6) is 0 Å². The Balaban J connectivity index is 2.03. The van der Waals surface area contributed by atoms with Crippen molar-refractivity contribution in [1.29, 1.82) is 0 Å². The van der Waals surface area contributed by atoms with Gasteiger partial charge in [-0.1, -0.05) is 30.3 Å². The topological polar surface area (TPSA) is 3.24 Å². The summed E-state index contributed by atoms with van der Waals surface area (Å²) in [7, 11) is 0. The van der Waals surface area contributed by atoms with Gasteiger partial charge in [-0.3, -0.25) is 0 Å². The van der Waals surface area contributed by atoms with Crippen LogP contribution in [0.3, 0.4) is 0 Å².